The molecule has 4 aromatic rings. The van der Waals surface area contributed by atoms with Crippen molar-refractivity contribution in [1.29, 1.82) is 0 Å². The number of carbonyl (C=O) groups excluding carboxylic acids is 1. The number of benzene rings is 3. The zero-order valence-corrected chi connectivity index (χ0v) is 23.3. The van der Waals surface area contributed by atoms with Crippen molar-refractivity contribution < 1.29 is 17.9 Å². The van der Waals surface area contributed by atoms with Crippen LogP contribution in [-0.4, -0.2) is 38.8 Å². The molecule has 0 saturated carbocycles. The van der Waals surface area contributed by atoms with Crippen molar-refractivity contribution >= 4 is 33.0 Å². The molecule has 204 valence electrons. The number of carbonyl (C=O) groups is 1. The number of nitrogens with one attached hydrogen (secondary N) is 1. The normalized spacial score (nSPS) is 11.5. The predicted octanol–water partition coefficient (Wildman–Crippen LogP) is 4.01. The standard InChI is InChI=1S/C29H32N4O4S2/c1-37-26-8-3-2-5-23(26)15-16-33(20-28(34)32-19-22-11-9-21(18-30)10-12-22)39(35,36)29-14-13-27(38-29)24-6-4-7-25(31)17-24/h2-14,17H,15-16,18-20,30-31H2,1H3,(H,32,34). The smallest absolute Gasteiger partial charge is 0.253 e. The summed E-state index contributed by atoms with van der Waals surface area (Å²) >= 11 is 1.15. The highest BCUT2D eigenvalue weighted by Crippen LogP contribution is 2.33. The molecule has 39 heavy (non-hydrogen) atoms. The molecular formula is C29H32N4O4S2. The van der Waals surface area contributed by atoms with Crippen molar-refractivity contribution in [3.63, 3.8) is 0 Å². The SMILES string of the molecule is COc1ccccc1CCN(CC(=O)NCc1ccc(CN)cc1)S(=O)(=O)c1ccc(-c2cccc(N)c2)s1. The molecule has 5 N–H and O–H groups in total. The maximum atomic E-state index is 13.8. The van der Waals surface area contributed by atoms with Crippen LogP contribution in [0.15, 0.2) is 89.1 Å². The number of anilines is 1. The zero-order valence-electron chi connectivity index (χ0n) is 21.7. The number of nitrogen functional groups attached to an aromatic ring is 1. The highest BCUT2D eigenvalue weighted by Gasteiger charge is 2.28. The number of hydrogen-bond donors (Lipinski definition) is 3. The van der Waals surface area contributed by atoms with Gasteiger partial charge in [0.25, 0.3) is 10.0 Å². The van der Waals surface area contributed by atoms with Crippen LogP contribution in [0.4, 0.5) is 5.69 Å². The lowest BCUT2D eigenvalue weighted by Crippen LogP contribution is -2.41. The molecule has 0 aliphatic heterocycles. The summed E-state index contributed by atoms with van der Waals surface area (Å²) in [6, 6.07) is 25.6. The Hall–Kier alpha value is -3.70. The maximum Gasteiger partial charge on any atom is 0.253 e. The highest BCUT2D eigenvalue weighted by atomic mass is 32.2. The number of sulfonamides is 1. The summed E-state index contributed by atoms with van der Waals surface area (Å²) in [5, 5.41) is 2.84. The van der Waals surface area contributed by atoms with Crippen molar-refractivity contribution in [1.82, 2.24) is 9.62 Å². The molecule has 0 aliphatic rings. The average molecular weight is 565 g/mol. The van der Waals surface area contributed by atoms with Crippen LogP contribution in [0.1, 0.15) is 16.7 Å². The Morgan fingerprint density at radius 1 is 0.974 bits per heavy atom. The lowest BCUT2D eigenvalue weighted by molar-refractivity contribution is -0.121. The van der Waals surface area contributed by atoms with E-state index in [1.807, 2.05) is 60.7 Å². The Morgan fingerprint density at radius 3 is 2.44 bits per heavy atom. The van der Waals surface area contributed by atoms with E-state index in [0.29, 0.717) is 24.4 Å². The molecule has 1 amide bonds. The van der Waals surface area contributed by atoms with E-state index in [0.717, 1.165) is 38.5 Å². The Balaban J connectivity index is 1.54. The molecule has 0 spiro atoms. The van der Waals surface area contributed by atoms with Gasteiger partial charge in [0.2, 0.25) is 5.91 Å². The van der Waals surface area contributed by atoms with Crippen LogP contribution in [0, 0.1) is 0 Å². The molecule has 0 atom stereocenters. The Labute approximate surface area is 233 Å². The fourth-order valence-corrected chi connectivity index (χ4v) is 6.94. The summed E-state index contributed by atoms with van der Waals surface area (Å²) in [5.41, 5.74) is 15.7. The fourth-order valence-electron chi connectivity index (χ4n) is 4.08. The van der Waals surface area contributed by atoms with Gasteiger partial charge in [0.1, 0.15) is 9.96 Å². The molecule has 0 saturated heterocycles. The van der Waals surface area contributed by atoms with E-state index in [-0.39, 0.29) is 23.8 Å². The molecule has 0 radical (unpaired) electrons. The predicted molar refractivity (Wildman–Crippen MR) is 156 cm³/mol. The van der Waals surface area contributed by atoms with Crippen molar-refractivity contribution in [2.75, 3.05) is 25.9 Å². The van der Waals surface area contributed by atoms with E-state index < -0.39 is 15.9 Å². The van der Waals surface area contributed by atoms with Crippen molar-refractivity contribution in [3.05, 3.63) is 102 Å². The van der Waals surface area contributed by atoms with Gasteiger partial charge in [0.05, 0.1) is 13.7 Å². The number of nitrogens with two attached hydrogens (primary N) is 2. The van der Waals surface area contributed by atoms with Gasteiger partial charge in [0, 0.05) is 30.2 Å². The third-order valence-electron chi connectivity index (χ3n) is 6.24. The molecule has 3 aromatic carbocycles. The van der Waals surface area contributed by atoms with Crippen molar-refractivity contribution in [2.45, 2.75) is 23.7 Å². The number of para-hydroxylation sites is 1. The second-order valence-electron chi connectivity index (χ2n) is 8.94. The third kappa shape index (κ3) is 7.24. The number of hydrogen-bond acceptors (Lipinski definition) is 7. The average Bonchev–Trinajstić information content (AvgIpc) is 3.46. The number of rotatable bonds is 12. The summed E-state index contributed by atoms with van der Waals surface area (Å²) in [6.07, 6.45) is 0.379. The lowest BCUT2D eigenvalue weighted by atomic mass is 10.1. The van der Waals surface area contributed by atoms with Crippen LogP contribution < -0.4 is 21.5 Å². The number of amides is 1. The van der Waals surface area contributed by atoms with Gasteiger partial charge in [-0.05, 0) is 59.0 Å². The van der Waals surface area contributed by atoms with E-state index >= 15 is 0 Å². The van der Waals surface area contributed by atoms with E-state index in [2.05, 4.69) is 5.32 Å². The summed E-state index contributed by atoms with van der Waals surface area (Å²) in [4.78, 5) is 13.7. The summed E-state index contributed by atoms with van der Waals surface area (Å²) < 4.78 is 34.4. The molecule has 0 unspecified atom stereocenters. The van der Waals surface area contributed by atoms with E-state index in [1.54, 1.807) is 31.4 Å². The van der Waals surface area contributed by atoms with Crippen LogP contribution in [0.3, 0.4) is 0 Å². The largest absolute Gasteiger partial charge is 0.496 e. The molecule has 8 nitrogen and oxygen atoms in total. The van der Waals surface area contributed by atoms with E-state index in [1.165, 1.54) is 4.31 Å². The zero-order chi connectivity index (χ0) is 27.8. The number of nitrogens with zero attached hydrogens (tertiary/aromatic N) is 1. The molecule has 4 rings (SSSR count). The quantitative estimate of drug-likeness (QED) is 0.223. The first kappa shape index (κ1) is 28.3. The number of ether oxygens (including phenoxy) is 1. The molecule has 10 heteroatoms. The fraction of sp³-hybridized carbons (Fsp3) is 0.207. The van der Waals surface area contributed by atoms with Crippen LogP contribution in [0.5, 0.6) is 5.75 Å². The second-order valence-corrected chi connectivity index (χ2v) is 12.2. The Bertz CT molecular complexity index is 1520. The molecule has 1 heterocycles. The highest BCUT2D eigenvalue weighted by molar-refractivity contribution is 7.91. The van der Waals surface area contributed by atoms with Crippen molar-refractivity contribution in [3.8, 4) is 16.2 Å². The molecule has 0 fully saturated rings. The number of methoxy groups -OCH3 is 1. The van der Waals surface area contributed by atoms with Gasteiger partial charge >= 0.3 is 0 Å². The van der Waals surface area contributed by atoms with Gasteiger partial charge in [-0.25, -0.2) is 8.42 Å². The summed E-state index contributed by atoms with van der Waals surface area (Å²) in [6.45, 7) is 0.507. The maximum absolute atomic E-state index is 13.8. The van der Waals surface area contributed by atoms with Gasteiger partial charge < -0.3 is 21.5 Å². The monoisotopic (exact) mass is 564 g/mol. The Kier molecular flexibility index (Phi) is 9.36. The van der Waals surface area contributed by atoms with Gasteiger partial charge in [-0.3, -0.25) is 4.79 Å². The van der Waals surface area contributed by atoms with Crippen LogP contribution in [-0.2, 0) is 34.3 Å². The first-order valence-corrected chi connectivity index (χ1v) is 14.7. The number of thiophene rings is 1. The molecule has 0 bridgehead atoms. The Morgan fingerprint density at radius 2 is 1.72 bits per heavy atom. The van der Waals surface area contributed by atoms with Crippen LogP contribution in [0.25, 0.3) is 10.4 Å². The van der Waals surface area contributed by atoms with Crippen LogP contribution >= 0.6 is 11.3 Å². The third-order valence-corrected chi connectivity index (χ3v) is 9.68. The summed E-state index contributed by atoms with van der Waals surface area (Å²) in [5.74, 6) is 0.273. The molecule has 1 aromatic heterocycles. The van der Waals surface area contributed by atoms with Gasteiger partial charge in [-0.1, -0.05) is 54.6 Å². The van der Waals surface area contributed by atoms with Gasteiger partial charge in [-0.15, -0.1) is 11.3 Å². The lowest BCUT2D eigenvalue weighted by Gasteiger charge is -2.21. The van der Waals surface area contributed by atoms with E-state index in [9.17, 15) is 13.2 Å². The van der Waals surface area contributed by atoms with Gasteiger partial charge in [0.15, 0.2) is 0 Å². The minimum absolute atomic E-state index is 0.104. The minimum atomic E-state index is -3.97. The first-order valence-electron chi connectivity index (χ1n) is 12.4. The van der Waals surface area contributed by atoms with Crippen LogP contribution in [0.2, 0.25) is 0 Å². The molecule has 0 aliphatic carbocycles. The topological polar surface area (TPSA) is 128 Å². The second kappa shape index (κ2) is 12.9. The first-order chi connectivity index (χ1) is 18.8. The summed E-state index contributed by atoms with van der Waals surface area (Å²) in [7, 11) is -2.40. The minimum Gasteiger partial charge on any atom is -0.496 e. The van der Waals surface area contributed by atoms with Crippen molar-refractivity contribution in [2.24, 2.45) is 5.73 Å². The van der Waals surface area contributed by atoms with Gasteiger partial charge in [-0.2, -0.15) is 4.31 Å². The van der Waals surface area contributed by atoms with E-state index in [4.69, 9.17) is 16.2 Å². The molecular weight excluding hydrogens is 532 g/mol.